The molecule has 37 heavy (non-hydrogen) atoms. The second kappa shape index (κ2) is 7.73. The number of aryl methyl sites for hydroxylation is 1. The first kappa shape index (κ1) is 22.6. The summed E-state index contributed by atoms with van der Waals surface area (Å²) in [5.74, 6) is 0.916. The number of pyridine rings is 1. The fourth-order valence-corrected chi connectivity index (χ4v) is 6.37. The summed E-state index contributed by atoms with van der Waals surface area (Å²) in [6, 6.07) is 2.18. The Hall–Kier alpha value is -3.54. The van der Waals surface area contributed by atoms with Gasteiger partial charge < -0.3 is 14.7 Å². The molecular weight excluding hydrogens is 476 g/mol. The number of aromatic amines is 1. The number of nitrogens with one attached hydrogen (secondary N) is 2. The summed E-state index contributed by atoms with van der Waals surface area (Å²) in [4.78, 5) is 35.6. The Balaban J connectivity index is 1.13. The van der Waals surface area contributed by atoms with E-state index >= 15 is 0 Å². The number of hydrogen-bond donors (Lipinski definition) is 3. The van der Waals surface area contributed by atoms with Crippen molar-refractivity contribution in [3.63, 3.8) is 0 Å². The number of carbonyl (C=O) groups is 2. The van der Waals surface area contributed by atoms with Gasteiger partial charge >= 0.3 is 5.97 Å². The van der Waals surface area contributed by atoms with Crippen molar-refractivity contribution in [2.45, 2.75) is 57.5 Å². The van der Waals surface area contributed by atoms with Gasteiger partial charge in [-0.2, -0.15) is 4.98 Å². The van der Waals surface area contributed by atoms with Gasteiger partial charge in [0.1, 0.15) is 11.4 Å². The van der Waals surface area contributed by atoms with Crippen molar-refractivity contribution >= 4 is 29.2 Å². The zero-order valence-electron chi connectivity index (χ0n) is 20.9. The Bertz CT molecular complexity index is 1420. The monoisotopic (exact) mass is 506 g/mol. The summed E-state index contributed by atoms with van der Waals surface area (Å²) in [5.41, 5.74) is 1.42. The molecule has 5 fully saturated rings. The zero-order valence-corrected chi connectivity index (χ0v) is 20.9. The quantitative estimate of drug-likeness (QED) is 0.438. The average Bonchev–Trinajstić information content (AvgIpc) is 3.40. The van der Waals surface area contributed by atoms with E-state index in [-0.39, 0.29) is 24.2 Å². The molecule has 8 rings (SSSR count). The first-order valence-corrected chi connectivity index (χ1v) is 13.0. The molecule has 3 aromatic heterocycles. The summed E-state index contributed by atoms with van der Waals surface area (Å²) in [5, 5.41) is 24.0. The van der Waals surface area contributed by atoms with Gasteiger partial charge in [-0.05, 0) is 56.1 Å². The molecule has 2 saturated carbocycles. The number of fused-ring (bicyclic) bond motifs is 2. The lowest BCUT2D eigenvalue weighted by molar-refractivity contribution is -0.145. The molecule has 4 atom stereocenters. The Morgan fingerprint density at radius 3 is 2.86 bits per heavy atom. The minimum absolute atomic E-state index is 0.0752. The average molecular weight is 507 g/mol. The molecule has 194 valence electrons. The lowest BCUT2D eigenvalue weighted by atomic mass is 9.63. The van der Waals surface area contributed by atoms with E-state index in [0.717, 1.165) is 36.4 Å². The van der Waals surface area contributed by atoms with E-state index in [4.69, 9.17) is 14.8 Å². The van der Waals surface area contributed by atoms with Crippen LogP contribution in [0, 0.1) is 24.2 Å². The van der Waals surface area contributed by atoms with Gasteiger partial charge in [-0.15, -0.1) is 10.2 Å². The first-order chi connectivity index (χ1) is 17.8. The number of aromatic nitrogens is 6. The van der Waals surface area contributed by atoms with Crippen molar-refractivity contribution in [1.29, 1.82) is 0 Å². The van der Waals surface area contributed by atoms with E-state index in [1.807, 2.05) is 4.52 Å². The maximum Gasteiger partial charge on any atom is 0.310 e. The Morgan fingerprint density at radius 1 is 1.32 bits per heavy atom. The summed E-state index contributed by atoms with van der Waals surface area (Å²) in [7, 11) is 0. The number of rotatable bonds is 7. The number of ether oxygens (including phenoxy) is 1. The highest BCUT2D eigenvalue weighted by atomic mass is 16.5. The number of H-pyrrole nitrogens is 1. The number of nitrogens with zero attached hydrogens (tertiary/aromatic N) is 6. The number of carboxylic acids is 1. The van der Waals surface area contributed by atoms with Crippen LogP contribution in [0.4, 0.5) is 11.6 Å². The van der Waals surface area contributed by atoms with Crippen LogP contribution >= 0.6 is 0 Å². The van der Waals surface area contributed by atoms with Crippen molar-refractivity contribution in [2.75, 3.05) is 29.9 Å². The van der Waals surface area contributed by atoms with Crippen LogP contribution in [0.1, 0.15) is 62.2 Å². The third-order valence-electron chi connectivity index (χ3n) is 8.72. The number of carbonyl (C=O) groups excluding carboxylic acids is 1. The number of aliphatic carboxylic acids is 1. The molecule has 2 bridgehead atoms. The van der Waals surface area contributed by atoms with Gasteiger partial charge in [0, 0.05) is 19.5 Å². The van der Waals surface area contributed by atoms with Crippen LogP contribution in [0.15, 0.2) is 12.3 Å². The van der Waals surface area contributed by atoms with E-state index in [1.165, 1.54) is 6.42 Å². The van der Waals surface area contributed by atoms with E-state index in [0.29, 0.717) is 37.0 Å². The highest BCUT2D eigenvalue weighted by molar-refractivity contribution is 5.94. The van der Waals surface area contributed by atoms with Crippen LogP contribution in [-0.2, 0) is 19.9 Å². The Morgan fingerprint density at radius 2 is 2.16 bits per heavy atom. The number of amides is 1. The van der Waals surface area contributed by atoms with Crippen LogP contribution in [0.25, 0.3) is 5.65 Å². The fraction of sp³-hybridized carbons (Fsp3) is 0.600. The first-order valence-electron chi connectivity index (χ1n) is 13.0. The largest absolute Gasteiger partial charge is 0.481 e. The van der Waals surface area contributed by atoms with Crippen molar-refractivity contribution < 1.29 is 19.4 Å². The minimum Gasteiger partial charge on any atom is -0.481 e. The highest BCUT2D eigenvalue weighted by Crippen LogP contribution is 2.63. The number of carboxylic acid groups (broad SMARTS) is 1. The lowest BCUT2D eigenvalue weighted by Gasteiger charge is -2.41. The van der Waals surface area contributed by atoms with Crippen molar-refractivity contribution in [3.8, 4) is 0 Å². The normalized spacial score (nSPS) is 29.5. The molecule has 3 aliphatic heterocycles. The molecule has 12 heteroatoms. The lowest BCUT2D eigenvalue weighted by Crippen LogP contribution is -2.44. The van der Waals surface area contributed by atoms with Gasteiger partial charge in [-0.3, -0.25) is 20.0 Å². The molecule has 2 aliphatic carbocycles. The highest BCUT2D eigenvalue weighted by Gasteiger charge is 2.66. The standard InChI is InChI=1S/C25H30N8O4/c1-13-3-6-32(10-13)16-7-14(2)20-28-21(31-33(20)11-16)25-8-15(12-37-25)18(25)19-27-23(30-29-19)26-17(34)9-24(4-5-24)22(35)36/h7,11,13,15,18H,3-6,8-10,12H2,1-2H3,(H,35,36)(H2,26,27,29,30,34). The van der Waals surface area contributed by atoms with Crippen molar-refractivity contribution in [3.05, 3.63) is 29.5 Å². The molecule has 5 aliphatic rings. The van der Waals surface area contributed by atoms with Crippen LogP contribution in [0.3, 0.4) is 0 Å². The Labute approximate surface area is 212 Å². The van der Waals surface area contributed by atoms with Crippen molar-refractivity contribution in [1.82, 2.24) is 29.8 Å². The van der Waals surface area contributed by atoms with Crippen LogP contribution in [0.2, 0.25) is 0 Å². The molecule has 3 N–H and O–H groups in total. The van der Waals surface area contributed by atoms with E-state index in [2.05, 4.69) is 51.5 Å². The summed E-state index contributed by atoms with van der Waals surface area (Å²) in [6.45, 7) is 7.02. The molecule has 3 saturated heterocycles. The molecule has 4 unspecified atom stereocenters. The predicted octanol–water partition coefficient (Wildman–Crippen LogP) is 2.22. The topological polar surface area (TPSA) is 151 Å². The maximum absolute atomic E-state index is 12.4. The van der Waals surface area contributed by atoms with E-state index in [9.17, 15) is 14.7 Å². The predicted molar refractivity (Wildman–Crippen MR) is 131 cm³/mol. The van der Waals surface area contributed by atoms with Gasteiger partial charge in [-0.1, -0.05) is 6.92 Å². The van der Waals surface area contributed by atoms with Gasteiger partial charge in [0.2, 0.25) is 11.9 Å². The van der Waals surface area contributed by atoms with Crippen LogP contribution in [0.5, 0.6) is 0 Å². The number of hydrogen-bond acceptors (Lipinski definition) is 8. The van der Waals surface area contributed by atoms with E-state index in [1.54, 1.807) is 0 Å². The van der Waals surface area contributed by atoms with E-state index < -0.39 is 22.9 Å². The second-order valence-electron chi connectivity index (χ2n) is 11.4. The minimum atomic E-state index is -0.936. The van der Waals surface area contributed by atoms with Gasteiger partial charge in [-0.25, -0.2) is 9.50 Å². The second-order valence-corrected chi connectivity index (χ2v) is 11.4. The van der Waals surface area contributed by atoms with Gasteiger partial charge in [0.05, 0.1) is 29.8 Å². The third kappa shape index (κ3) is 3.45. The van der Waals surface area contributed by atoms with Gasteiger partial charge in [0.15, 0.2) is 11.5 Å². The molecular formula is C25H30N8O4. The molecule has 0 radical (unpaired) electrons. The zero-order chi connectivity index (χ0) is 25.5. The summed E-state index contributed by atoms with van der Waals surface area (Å²) < 4.78 is 8.15. The van der Waals surface area contributed by atoms with Gasteiger partial charge in [0.25, 0.3) is 0 Å². The maximum atomic E-state index is 12.4. The molecule has 1 amide bonds. The molecule has 12 nitrogen and oxygen atoms in total. The van der Waals surface area contributed by atoms with Crippen LogP contribution < -0.4 is 10.2 Å². The number of anilines is 2. The van der Waals surface area contributed by atoms with Crippen molar-refractivity contribution in [2.24, 2.45) is 17.3 Å². The summed E-state index contributed by atoms with van der Waals surface area (Å²) >= 11 is 0. The molecule has 3 aromatic rings. The molecule has 6 heterocycles. The molecule has 0 aromatic carbocycles. The summed E-state index contributed by atoms with van der Waals surface area (Å²) in [6.07, 6.45) is 5.01. The third-order valence-corrected chi connectivity index (χ3v) is 8.72. The fourth-order valence-electron chi connectivity index (χ4n) is 6.37. The SMILES string of the molecule is Cc1cc(N2CCC(C)C2)cn2nc(C34CC(CO3)C4c3nc(NC(=O)CC4(C(=O)O)CC4)n[nH]3)nc12. The molecule has 0 spiro atoms. The van der Waals surface area contributed by atoms with Crippen LogP contribution in [-0.4, -0.2) is 66.5 Å². The smallest absolute Gasteiger partial charge is 0.310 e. The Kier molecular flexibility index (Phi) is 4.73.